The van der Waals surface area contributed by atoms with Crippen molar-refractivity contribution in [2.75, 3.05) is 6.66 Å². The quantitative estimate of drug-likeness (QED) is 0.576. The minimum absolute atomic E-state index is 0.0378. The van der Waals surface area contributed by atoms with Crippen LogP contribution in [0, 0.1) is 0 Å². The van der Waals surface area contributed by atoms with Gasteiger partial charge in [-0.05, 0) is 34.1 Å². The van der Waals surface area contributed by atoms with Crippen molar-refractivity contribution in [2.24, 2.45) is 0 Å². The lowest BCUT2D eigenvalue weighted by Crippen LogP contribution is -2.14. The number of benzene rings is 2. The first kappa shape index (κ1) is 18.8. The smallest absolute Gasteiger partial charge is 0.286 e. The van der Waals surface area contributed by atoms with Gasteiger partial charge in [-0.2, -0.15) is 0 Å². The third-order valence-corrected chi connectivity index (χ3v) is 4.75. The van der Waals surface area contributed by atoms with E-state index < -0.39 is 8.38 Å². The lowest BCUT2D eigenvalue weighted by molar-refractivity contribution is 0.465. The fourth-order valence-electron chi connectivity index (χ4n) is 2.63. The summed E-state index contributed by atoms with van der Waals surface area (Å²) in [4.78, 5) is 0. The van der Waals surface area contributed by atoms with Gasteiger partial charge in [0.25, 0.3) is 8.38 Å². The summed E-state index contributed by atoms with van der Waals surface area (Å²) in [6.45, 7) is 15.2. The highest BCUT2D eigenvalue weighted by molar-refractivity contribution is 7.47. The summed E-state index contributed by atoms with van der Waals surface area (Å²) in [5, 5.41) is 0. The average Bonchev–Trinajstić information content (AvgIpc) is 2.46. The number of para-hydroxylation sites is 2. The summed E-state index contributed by atoms with van der Waals surface area (Å²) in [6.07, 6.45) is 0. The van der Waals surface area contributed by atoms with Gasteiger partial charge >= 0.3 is 0 Å². The first-order valence-corrected chi connectivity index (χ1v) is 10.0. The zero-order valence-corrected chi connectivity index (χ0v) is 16.8. The molecule has 0 aliphatic heterocycles. The Kier molecular flexibility index (Phi) is 5.60. The van der Waals surface area contributed by atoms with Crippen LogP contribution < -0.4 is 9.05 Å². The molecule has 24 heavy (non-hydrogen) atoms. The normalized spacial score (nSPS) is 12.3. The summed E-state index contributed by atoms with van der Waals surface area (Å²) >= 11 is 0. The highest BCUT2D eigenvalue weighted by Crippen LogP contribution is 2.43. The molecule has 2 rings (SSSR count). The standard InChI is InChI=1S/C21H29O2P/c1-20(2,3)16-12-8-10-14-18(16)22-24(7)23-19-15-11-9-13-17(19)21(4,5)6/h8-15H,1-7H3. The Morgan fingerprint density at radius 2 is 0.958 bits per heavy atom. The van der Waals surface area contributed by atoms with E-state index in [2.05, 4.69) is 65.8 Å². The monoisotopic (exact) mass is 344 g/mol. The maximum absolute atomic E-state index is 6.19. The molecule has 3 heteroatoms. The van der Waals surface area contributed by atoms with Gasteiger partial charge in [-0.3, -0.25) is 0 Å². The molecule has 0 atom stereocenters. The van der Waals surface area contributed by atoms with Crippen LogP contribution in [0.1, 0.15) is 52.7 Å². The molecular formula is C21H29O2P. The second-order valence-corrected chi connectivity index (χ2v) is 9.36. The van der Waals surface area contributed by atoms with Crippen molar-refractivity contribution in [1.82, 2.24) is 0 Å². The summed E-state index contributed by atoms with van der Waals surface area (Å²) in [5.74, 6) is 1.82. The fraction of sp³-hybridized carbons (Fsp3) is 0.429. The summed E-state index contributed by atoms with van der Waals surface area (Å²) < 4.78 is 12.4. The molecule has 0 N–H and O–H groups in total. The van der Waals surface area contributed by atoms with E-state index >= 15 is 0 Å². The summed E-state index contributed by atoms with van der Waals surface area (Å²) in [7, 11) is -1.06. The molecule has 0 unspecified atom stereocenters. The van der Waals surface area contributed by atoms with Crippen LogP contribution in [0.2, 0.25) is 0 Å². The van der Waals surface area contributed by atoms with Gasteiger partial charge in [0.15, 0.2) is 0 Å². The molecule has 0 aliphatic rings. The first-order chi connectivity index (χ1) is 11.1. The zero-order valence-electron chi connectivity index (χ0n) is 15.9. The molecule has 0 radical (unpaired) electrons. The molecule has 0 heterocycles. The molecule has 0 amide bonds. The van der Waals surface area contributed by atoms with E-state index in [1.54, 1.807) is 0 Å². The topological polar surface area (TPSA) is 18.5 Å². The first-order valence-electron chi connectivity index (χ1n) is 8.38. The van der Waals surface area contributed by atoms with Gasteiger partial charge in [0.2, 0.25) is 0 Å². The molecular weight excluding hydrogens is 315 g/mol. The molecule has 2 aromatic rings. The average molecular weight is 344 g/mol. The number of rotatable bonds is 4. The van der Waals surface area contributed by atoms with Crippen molar-refractivity contribution < 1.29 is 9.05 Å². The Labute approximate surface area is 148 Å². The van der Waals surface area contributed by atoms with Gasteiger partial charge in [0, 0.05) is 6.66 Å². The van der Waals surface area contributed by atoms with Crippen LogP contribution in [0.5, 0.6) is 11.5 Å². The van der Waals surface area contributed by atoms with Gasteiger partial charge in [-0.1, -0.05) is 77.9 Å². The Hall–Kier alpha value is -1.53. The fourth-order valence-corrected chi connectivity index (χ4v) is 3.54. The van der Waals surface area contributed by atoms with Crippen LogP contribution in [0.3, 0.4) is 0 Å². The van der Waals surface area contributed by atoms with Crippen LogP contribution in [0.25, 0.3) is 0 Å². The van der Waals surface area contributed by atoms with Crippen molar-refractivity contribution in [3.63, 3.8) is 0 Å². The van der Waals surface area contributed by atoms with Gasteiger partial charge < -0.3 is 9.05 Å². The molecule has 0 bridgehead atoms. The van der Waals surface area contributed by atoms with Crippen molar-refractivity contribution in [3.8, 4) is 11.5 Å². The van der Waals surface area contributed by atoms with Gasteiger partial charge in [-0.25, -0.2) is 0 Å². The maximum atomic E-state index is 6.19. The minimum atomic E-state index is -1.06. The van der Waals surface area contributed by atoms with E-state index in [0.29, 0.717) is 0 Å². The van der Waals surface area contributed by atoms with Gasteiger partial charge in [-0.15, -0.1) is 0 Å². The van der Waals surface area contributed by atoms with E-state index in [-0.39, 0.29) is 10.8 Å². The van der Waals surface area contributed by atoms with Crippen molar-refractivity contribution in [1.29, 1.82) is 0 Å². The molecule has 130 valence electrons. The Morgan fingerprint density at radius 3 is 1.29 bits per heavy atom. The molecule has 0 aliphatic carbocycles. The molecule has 2 aromatic carbocycles. The largest absolute Gasteiger partial charge is 0.438 e. The third-order valence-electron chi connectivity index (χ3n) is 3.84. The molecule has 0 saturated heterocycles. The van der Waals surface area contributed by atoms with E-state index in [1.807, 2.05) is 30.9 Å². The van der Waals surface area contributed by atoms with E-state index in [9.17, 15) is 0 Å². The Morgan fingerprint density at radius 1 is 0.625 bits per heavy atom. The van der Waals surface area contributed by atoms with Crippen LogP contribution >= 0.6 is 8.38 Å². The predicted octanol–water partition coefficient (Wildman–Crippen LogP) is 6.68. The highest BCUT2D eigenvalue weighted by atomic mass is 31.2. The highest BCUT2D eigenvalue weighted by Gasteiger charge is 2.23. The summed E-state index contributed by atoms with van der Waals surface area (Å²) in [5.41, 5.74) is 2.48. The van der Waals surface area contributed by atoms with Crippen LogP contribution in [-0.4, -0.2) is 6.66 Å². The van der Waals surface area contributed by atoms with E-state index in [1.165, 1.54) is 11.1 Å². The second-order valence-electron chi connectivity index (χ2n) is 8.11. The number of hydrogen-bond acceptors (Lipinski definition) is 2. The summed E-state index contributed by atoms with van der Waals surface area (Å²) in [6, 6.07) is 16.4. The molecule has 0 spiro atoms. The third kappa shape index (κ3) is 4.74. The predicted molar refractivity (Wildman–Crippen MR) is 104 cm³/mol. The van der Waals surface area contributed by atoms with Gasteiger partial charge in [0.1, 0.15) is 11.5 Å². The Balaban J connectivity index is 2.21. The van der Waals surface area contributed by atoms with Crippen LogP contribution in [-0.2, 0) is 10.8 Å². The Bertz CT molecular complexity index is 621. The van der Waals surface area contributed by atoms with Crippen LogP contribution in [0.15, 0.2) is 48.5 Å². The van der Waals surface area contributed by atoms with Crippen molar-refractivity contribution in [2.45, 2.75) is 52.4 Å². The number of hydrogen-bond donors (Lipinski definition) is 0. The zero-order chi connectivity index (χ0) is 18.0. The second kappa shape index (κ2) is 7.15. The van der Waals surface area contributed by atoms with Crippen molar-refractivity contribution >= 4 is 8.38 Å². The van der Waals surface area contributed by atoms with Crippen molar-refractivity contribution in [3.05, 3.63) is 59.7 Å². The maximum Gasteiger partial charge on any atom is 0.286 e. The van der Waals surface area contributed by atoms with E-state index in [4.69, 9.17) is 9.05 Å². The molecule has 2 nitrogen and oxygen atoms in total. The lowest BCUT2D eigenvalue weighted by atomic mass is 9.86. The molecule has 0 aromatic heterocycles. The minimum Gasteiger partial charge on any atom is -0.438 e. The van der Waals surface area contributed by atoms with Crippen LogP contribution in [0.4, 0.5) is 0 Å². The van der Waals surface area contributed by atoms with Gasteiger partial charge in [0.05, 0.1) is 0 Å². The molecule has 0 fully saturated rings. The molecule has 0 saturated carbocycles. The van der Waals surface area contributed by atoms with E-state index in [0.717, 1.165) is 11.5 Å². The lowest BCUT2D eigenvalue weighted by Gasteiger charge is -2.26. The SMILES string of the molecule is CP(Oc1ccccc1C(C)(C)C)Oc1ccccc1C(C)(C)C.